The third-order valence-corrected chi connectivity index (χ3v) is 3.12. The second kappa shape index (κ2) is 5.24. The summed E-state index contributed by atoms with van der Waals surface area (Å²) in [4.78, 5) is 23.2. The zero-order chi connectivity index (χ0) is 14.8. The van der Waals surface area contributed by atoms with Crippen molar-refractivity contribution < 1.29 is 9.13 Å². The highest BCUT2D eigenvalue weighted by atomic mass is 19.1. The molecule has 5 nitrogen and oxygen atoms in total. The third kappa shape index (κ3) is 2.55. The lowest BCUT2D eigenvalue weighted by molar-refractivity contribution is 0.300. The molecule has 0 aliphatic rings. The van der Waals surface area contributed by atoms with Crippen molar-refractivity contribution >= 4 is 10.8 Å². The highest BCUT2D eigenvalue weighted by Crippen LogP contribution is 2.17. The molecule has 0 bridgehead atoms. The molecule has 0 amide bonds. The molecule has 0 saturated carbocycles. The van der Waals surface area contributed by atoms with Gasteiger partial charge in [-0.1, -0.05) is 18.2 Å². The summed E-state index contributed by atoms with van der Waals surface area (Å²) in [5.41, 5.74) is -0.386. The maximum Gasteiger partial charge on any atom is 0.270 e. The fourth-order valence-electron chi connectivity index (χ4n) is 2.02. The number of ether oxygens (including phenoxy) is 1. The lowest BCUT2D eigenvalue weighted by Crippen LogP contribution is -2.18. The zero-order valence-corrected chi connectivity index (χ0v) is 10.9. The Balaban J connectivity index is 1.92. The van der Waals surface area contributed by atoms with Gasteiger partial charge in [0.2, 0.25) is 0 Å². The minimum Gasteiger partial charge on any atom is -0.489 e. The van der Waals surface area contributed by atoms with Crippen LogP contribution in [0.15, 0.2) is 52.1 Å². The molecule has 0 atom stereocenters. The Morgan fingerprint density at radius 2 is 1.67 bits per heavy atom. The first-order valence-corrected chi connectivity index (χ1v) is 6.26. The van der Waals surface area contributed by atoms with Crippen LogP contribution in [0.25, 0.3) is 10.8 Å². The van der Waals surface area contributed by atoms with Crippen molar-refractivity contribution in [2.24, 2.45) is 0 Å². The average molecular weight is 286 g/mol. The van der Waals surface area contributed by atoms with E-state index in [1.807, 2.05) is 0 Å². The van der Waals surface area contributed by atoms with Gasteiger partial charge in [-0.05, 0) is 24.3 Å². The number of halogens is 1. The van der Waals surface area contributed by atoms with Crippen molar-refractivity contribution in [2.75, 3.05) is 0 Å². The molecule has 1 heterocycles. The van der Waals surface area contributed by atoms with E-state index in [4.69, 9.17) is 4.74 Å². The molecule has 0 aliphatic heterocycles. The summed E-state index contributed by atoms with van der Waals surface area (Å²) in [6, 6.07) is 10.8. The number of hydrogen-bond acceptors (Lipinski definition) is 3. The monoisotopic (exact) mass is 286 g/mol. The van der Waals surface area contributed by atoms with Crippen molar-refractivity contribution in [3.8, 4) is 5.75 Å². The Morgan fingerprint density at radius 1 is 0.952 bits per heavy atom. The van der Waals surface area contributed by atoms with Gasteiger partial charge in [0.1, 0.15) is 18.2 Å². The molecule has 1 aromatic heterocycles. The molecule has 0 aliphatic carbocycles. The quantitative estimate of drug-likeness (QED) is 0.772. The van der Waals surface area contributed by atoms with Crippen molar-refractivity contribution in [3.05, 3.63) is 74.6 Å². The van der Waals surface area contributed by atoms with E-state index in [1.54, 1.807) is 24.3 Å². The van der Waals surface area contributed by atoms with E-state index >= 15 is 0 Å². The third-order valence-electron chi connectivity index (χ3n) is 3.12. The maximum absolute atomic E-state index is 13.5. The van der Waals surface area contributed by atoms with Gasteiger partial charge in [0.25, 0.3) is 11.1 Å². The number of rotatable bonds is 3. The number of hydrogen-bond donors (Lipinski definition) is 2. The summed E-state index contributed by atoms with van der Waals surface area (Å²) in [7, 11) is 0. The van der Waals surface area contributed by atoms with E-state index in [1.165, 1.54) is 18.2 Å². The zero-order valence-electron chi connectivity index (χ0n) is 10.9. The molecular formula is C15H11FN2O3. The van der Waals surface area contributed by atoms with Crippen LogP contribution in [-0.2, 0) is 6.61 Å². The molecule has 3 aromatic rings. The molecular weight excluding hydrogens is 275 g/mol. The van der Waals surface area contributed by atoms with Crippen LogP contribution >= 0.6 is 0 Å². The molecule has 0 fully saturated rings. The molecule has 6 heteroatoms. The van der Waals surface area contributed by atoms with E-state index in [2.05, 4.69) is 10.2 Å². The molecule has 3 rings (SSSR count). The van der Waals surface area contributed by atoms with Crippen molar-refractivity contribution in [1.29, 1.82) is 0 Å². The van der Waals surface area contributed by atoms with Crippen LogP contribution in [0, 0.1) is 5.82 Å². The summed E-state index contributed by atoms with van der Waals surface area (Å²) in [5.74, 6) is 0.0365. The SMILES string of the molecule is O=c1[nH][nH]c(=O)c2cc(OCc3ccccc3F)ccc12. The Bertz CT molecular complexity index is 914. The molecule has 0 saturated heterocycles. The largest absolute Gasteiger partial charge is 0.489 e. The predicted molar refractivity (Wildman–Crippen MR) is 75.9 cm³/mol. The van der Waals surface area contributed by atoms with Crippen LogP contribution < -0.4 is 15.9 Å². The number of aromatic nitrogens is 2. The van der Waals surface area contributed by atoms with E-state index < -0.39 is 5.56 Å². The van der Waals surface area contributed by atoms with Crippen molar-refractivity contribution in [1.82, 2.24) is 10.2 Å². The van der Waals surface area contributed by atoms with Gasteiger partial charge in [-0.3, -0.25) is 19.8 Å². The van der Waals surface area contributed by atoms with Crippen LogP contribution in [0.2, 0.25) is 0 Å². The molecule has 0 unspecified atom stereocenters. The second-order valence-corrected chi connectivity index (χ2v) is 4.50. The topological polar surface area (TPSA) is 75.0 Å². The van der Waals surface area contributed by atoms with Crippen molar-refractivity contribution in [3.63, 3.8) is 0 Å². The minimum atomic E-state index is -0.416. The van der Waals surface area contributed by atoms with Gasteiger partial charge in [-0.15, -0.1) is 0 Å². The van der Waals surface area contributed by atoms with Crippen LogP contribution in [0.4, 0.5) is 4.39 Å². The highest BCUT2D eigenvalue weighted by molar-refractivity contribution is 5.81. The van der Waals surface area contributed by atoms with Crippen LogP contribution in [-0.4, -0.2) is 10.2 Å². The smallest absolute Gasteiger partial charge is 0.270 e. The van der Waals surface area contributed by atoms with Crippen LogP contribution in [0.1, 0.15) is 5.56 Å². The normalized spacial score (nSPS) is 10.7. The van der Waals surface area contributed by atoms with Crippen LogP contribution in [0.3, 0.4) is 0 Å². The number of benzene rings is 2. The molecule has 0 spiro atoms. The van der Waals surface area contributed by atoms with Gasteiger partial charge in [0.15, 0.2) is 0 Å². The van der Waals surface area contributed by atoms with E-state index in [0.717, 1.165) is 0 Å². The number of fused-ring (bicyclic) bond motifs is 1. The van der Waals surface area contributed by atoms with E-state index in [0.29, 0.717) is 11.3 Å². The lowest BCUT2D eigenvalue weighted by atomic mass is 10.2. The Morgan fingerprint density at radius 3 is 2.43 bits per heavy atom. The average Bonchev–Trinajstić information content (AvgIpc) is 2.50. The maximum atomic E-state index is 13.5. The summed E-state index contributed by atoms with van der Waals surface area (Å²) < 4.78 is 19.0. The Kier molecular flexibility index (Phi) is 3.27. The number of aromatic amines is 2. The minimum absolute atomic E-state index is 0.0409. The van der Waals surface area contributed by atoms with Gasteiger partial charge in [-0.25, -0.2) is 4.39 Å². The molecule has 2 aromatic carbocycles. The molecule has 0 radical (unpaired) electrons. The predicted octanol–water partition coefficient (Wildman–Crippen LogP) is 1.93. The summed E-state index contributed by atoms with van der Waals surface area (Å²) in [6.45, 7) is 0.0409. The molecule has 21 heavy (non-hydrogen) atoms. The summed E-state index contributed by atoms with van der Waals surface area (Å²) >= 11 is 0. The standard InChI is InChI=1S/C15H11FN2O3/c16-13-4-2-1-3-9(13)8-21-10-5-6-11-12(7-10)15(20)18-17-14(11)19/h1-7H,8H2,(H,17,19)(H,18,20). The van der Waals surface area contributed by atoms with Gasteiger partial charge >= 0.3 is 0 Å². The van der Waals surface area contributed by atoms with E-state index in [9.17, 15) is 14.0 Å². The Hall–Kier alpha value is -2.89. The molecule has 106 valence electrons. The Labute approximate surface area is 118 Å². The van der Waals surface area contributed by atoms with Gasteiger partial charge in [0, 0.05) is 5.56 Å². The van der Waals surface area contributed by atoms with Crippen LogP contribution in [0.5, 0.6) is 5.75 Å². The fraction of sp³-hybridized carbons (Fsp3) is 0.0667. The summed E-state index contributed by atoms with van der Waals surface area (Å²) in [6.07, 6.45) is 0. The van der Waals surface area contributed by atoms with Crippen molar-refractivity contribution in [2.45, 2.75) is 6.61 Å². The first-order chi connectivity index (χ1) is 10.1. The number of nitrogens with one attached hydrogen (secondary N) is 2. The van der Waals surface area contributed by atoms with Gasteiger partial charge in [-0.2, -0.15) is 0 Å². The van der Waals surface area contributed by atoms with Gasteiger partial charge in [0.05, 0.1) is 10.8 Å². The number of H-pyrrole nitrogens is 2. The summed E-state index contributed by atoms with van der Waals surface area (Å²) in [5, 5.41) is 4.99. The van der Waals surface area contributed by atoms with E-state index in [-0.39, 0.29) is 28.8 Å². The van der Waals surface area contributed by atoms with Gasteiger partial charge < -0.3 is 4.74 Å². The lowest BCUT2D eigenvalue weighted by Gasteiger charge is -2.07. The molecule has 2 N–H and O–H groups in total. The highest BCUT2D eigenvalue weighted by Gasteiger charge is 2.06. The first-order valence-electron chi connectivity index (χ1n) is 6.26. The first kappa shape index (κ1) is 13.1. The second-order valence-electron chi connectivity index (χ2n) is 4.50. The fourth-order valence-corrected chi connectivity index (χ4v) is 2.02.